The van der Waals surface area contributed by atoms with E-state index >= 15 is 0 Å². The van der Waals surface area contributed by atoms with Gasteiger partial charge in [-0.15, -0.1) is 22.7 Å². The number of nitrogens with zero attached hydrogens (tertiary/aromatic N) is 2. The first-order valence-electron chi connectivity index (χ1n) is 16.8. The molecule has 0 saturated carbocycles. The molecule has 0 radical (unpaired) electrons. The third-order valence-electron chi connectivity index (χ3n) is 9.16. The topological polar surface area (TPSA) is 49.9 Å². The van der Waals surface area contributed by atoms with Crippen molar-refractivity contribution in [2.75, 3.05) is 9.80 Å². The molecule has 0 aliphatic carbocycles. The molecule has 0 unspecified atom stereocenters. The Kier molecular flexibility index (Phi) is 8.30. The molecule has 11 heteroatoms. The minimum Gasteiger partial charge on any atom is -0.376 e. The summed E-state index contributed by atoms with van der Waals surface area (Å²) in [5, 5.41) is 3.64. The van der Waals surface area contributed by atoms with Gasteiger partial charge in [0, 0.05) is 70.1 Å². The Morgan fingerprint density at radius 1 is 0.463 bits per heavy atom. The van der Waals surface area contributed by atoms with E-state index in [1.807, 2.05) is 126 Å². The van der Waals surface area contributed by atoms with E-state index < -0.39 is 21.4 Å². The van der Waals surface area contributed by atoms with Gasteiger partial charge in [-0.25, -0.2) is 0 Å². The summed E-state index contributed by atoms with van der Waals surface area (Å²) in [6.07, 6.45) is 0. The van der Waals surface area contributed by atoms with E-state index in [2.05, 4.69) is 35.2 Å². The summed E-state index contributed by atoms with van der Waals surface area (Å²) < 4.78 is 74.8. The van der Waals surface area contributed by atoms with Gasteiger partial charge in [-0.1, -0.05) is 78.9 Å². The first kappa shape index (κ1) is 33.9. The number of thiophene rings is 2. The summed E-state index contributed by atoms with van der Waals surface area (Å²) in [5.74, 6) is -0.452. The van der Waals surface area contributed by atoms with Crippen LogP contribution in [0.2, 0.25) is 0 Å². The molecule has 0 atom stereocenters. The molecule has 0 aliphatic rings. The summed E-state index contributed by atoms with van der Waals surface area (Å²) in [6.45, 7) is 0. The minimum absolute atomic E-state index is 0.452. The lowest BCUT2D eigenvalue weighted by molar-refractivity contribution is -0.0500. The Morgan fingerprint density at radius 2 is 1.00 bits per heavy atom. The number of halogens is 3. The highest BCUT2D eigenvalue weighted by molar-refractivity contribution is 7.88. The molecule has 0 N–H and O–H groups in total. The number of anilines is 6. The predicted octanol–water partition coefficient (Wildman–Crippen LogP) is 13.6. The highest BCUT2D eigenvalue weighted by Gasteiger charge is 2.48. The Balaban J connectivity index is 1.28. The summed E-state index contributed by atoms with van der Waals surface area (Å²) in [7, 11) is -5.97. The van der Waals surface area contributed by atoms with Crippen LogP contribution in [0.4, 0.5) is 47.3 Å². The highest BCUT2D eigenvalue weighted by atomic mass is 32.2. The van der Waals surface area contributed by atoms with Gasteiger partial charge in [0.1, 0.15) is 5.75 Å². The molecule has 9 aromatic rings. The Labute approximate surface area is 316 Å². The van der Waals surface area contributed by atoms with Crippen LogP contribution in [0.3, 0.4) is 0 Å². The third kappa shape index (κ3) is 6.00. The molecule has 0 saturated heterocycles. The quantitative estimate of drug-likeness (QED) is 0.114. The van der Waals surface area contributed by atoms with Gasteiger partial charge >= 0.3 is 15.6 Å². The number of hydrogen-bond donors (Lipinski definition) is 0. The molecular weight excluding hydrogens is 746 g/mol. The van der Waals surface area contributed by atoms with E-state index in [-0.39, 0.29) is 0 Å². The fourth-order valence-electron chi connectivity index (χ4n) is 6.81. The zero-order valence-electron chi connectivity index (χ0n) is 28.1. The van der Waals surface area contributed by atoms with Gasteiger partial charge in [-0.05, 0) is 78.9 Å². The van der Waals surface area contributed by atoms with Crippen LogP contribution in [0.15, 0.2) is 164 Å². The molecule has 2 aromatic heterocycles. The minimum atomic E-state index is -5.97. The van der Waals surface area contributed by atoms with Crippen molar-refractivity contribution < 1.29 is 25.8 Å². The van der Waals surface area contributed by atoms with E-state index in [9.17, 15) is 21.6 Å². The van der Waals surface area contributed by atoms with Crippen LogP contribution in [-0.4, -0.2) is 13.9 Å². The van der Waals surface area contributed by atoms with Gasteiger partial charge in [0.05, 0.1) is 10.4 Å². The van der Waals surface area contributed by atoms with Gasteiger partial charge in [0.15, 0.2) is 0 Å². The van der Waals surface area contributed by atoms with Gasteiger partial charge in [0.25, 0.3) is 0 Å². The average molecular weight is 773 g/mol. The second-order valence-electron chi connectivity index (χ2n) is 12.5. The Bertz CT molecular complexity index is 2890. The SMILES string of the molecule is O=S(=O)(Oc1cc(N(c2ccccc2)c2ccccc2)c2sc3ccc(N(c4ccccc4)c4ccc5c(c4)sc4ccccc45)cc3c2c1)C(F)(F)F. The van der Waals surface area contributed by atoms with Crippen LogP contribution < -0.4 is 14.0 Å². The van der Waals surface area contributed by atoms with Gasteiger partial charge in [-0.3, -0.25) is 0 Å². The third-order valence-corrected chi connectivity index (χ3v) is 12.5. The molecule has 7 aromatic carbocycles. The van der Waals surface area contributed by atoms with E-state index in [4.69, 9.17) is 4.18 Å². The van der Waals surface area contributed by atoms with Crippen molar-refractivity contribution in [3.8, 4) is 5.75 Å². The number of rotatable bonds is 8. The zero-order chi connectivity index (χ0) is 37.0. The van der Waals surface area contributed by atoms with Gasteiger partial charge in [0.2, 0.25) is 0 Å². The number of para-hydroxylation sites is 3. The van der Waals surface area contributed by atoms with E-state index in [1.165, 1.54) is 38.9 Å². The smallest absolute Gasteiger partial charge is 0.376 e. The van der Waals surface area contributed by atoms with Crippen molar-refractivity contribution in [2.24, 2.45) is 0 Å². The van der Waals surface area contributed by atoms with E-state index in [0.29, 0.717) is 11.1 Å². The standard InChI is InChI=1S/C43H27F3N2O3S3/c44-43(45,46)54(49,50)51-33-26-37-36-24-31(47(28-12-4-1-5-13-28)32-20-22-35-34-18-10-11-19-39(34)52-41(35)25-32)21-23-40(36)53-42(37)38(27-33)48(29-14-6-2-7-15-29)30-16-8-3-9-17-30/h1-27H. The second kappa shape index (κ2) is 13.2. The molecule has 0 aliphatic heterocycles. The molecule has 0 amide bonds. The van der Waals surface area contributed by atoms with E-state index in [1.54, 1.807) is 11.3 Å². The lowest BCUT2D eigenvalue weighted by Gasteiger charge is -2.26. The maximum atomic E-state index is 13.7. The number of fused-ring (bicyclic) bond motifs is 6. The van der Waals surface area contributed by atoms with Gasteiger partial charge < -0.3 is 14.0 Å². The van der Waals surface area contributed by atoms with Crippen molar-refractivity contribution >= 4 is 107 Å². The molecule has 54 heavy (non-hydrogen) atoms. The van der Waals surface area contributed by atoms with Crippen molar-refractivity contribution in [3.63, 3.8) is 0 Å². The lowest BCUT2D eigenvalue weighted by atomic mass is 10.1. The summed E-state index contributed by atoms with van der Waals surface area (Å²) >= 11 is 3.19. The number of alkyl halides is 3. The maximum absolute atomic E-state index is 13.7. The fourth-order valence-corrected chi connectivity index (χ4v) is 9.56. The molecule has 0 spiro atoms. The molecule has 2 heterocycles. The number of hydrogen-bond acceptors (Lipinski definition) is 7. The summed E-state index contributed by atoms with van der Waals surface area (Å²) in [6, 6.07) is 52.2. The van der Waals surface area contributed by atoms with Crippen LogP contribution in [0.5, 0.6) is 5.75 Å². The van der Waals surface area contributed by atoms with Crippen LogP contribution in [0.25, 0.3) is 40.3 Å². The van der Waals surface area contributed by atoms with Crippen LogP contribution in [-0.2, 0) is 10.1 Å². The predicted molar refractivity (Wildman–Crippen MR) is 217 cm³/mol. The normalized spacial score (nSPS) is 12.1. The zero-order valence-corrected chi connectivity index (χ0v) is 30.5. The molecule has 5 nitrogen and oxygen atoms in total. The summed E-state index contributed by atoms with van der Waals surface area (Å²) in [4.78, 5) is 4.03. The Hall–Kier alpha value is -5.88. The maximum Gasteiger partial charge on any atom is 0.534 e. The summed E-state index contributed by atoms with van der Waals surface area (Å²) in [5.41, 5.74) is -1.04. The van der Waals surface area contributed by atoms with Gasteiger partial charge in [-0.2, -0.15) is 21.6 Å². The van der Waals surface area contributed by atoms with Crippen LogP contribution >= 0.6 is 22.7 Å². The number of benzene rings is 7. The molecule has 266 valence electrons. The first-order valence-corrected chi connectivity index (χ1v) is 19.9. The second-order valence-corrected chi connectivity index (χ2v) is 16.2. The van der Waals surface area contributed by atoms with Crippen molar-refractivity contribution in [1.29, 1.82) is 0 Å². The fraction of sp³-hybridized carbons (Fsp3) is 0.0233. The van der Waals surface area contributed by atoms with E-state index in [0.717, 1.165) is 47.9 Å². The molecular formula is C43H27F3N2O3S3. The average Bonchev–Trinajstić information content (AvgIpc) is 3.74. The molecule has 9 rings (SSSR count). The monoisotopic (exact) mass is 772 g/mol. The van der Waals surface area contributed by atoms with Crippen molar-refractivity contribution in [2.45, 2.75) is 5.51 Å². The lowest BCUT2D eigenvalue weighted by Crippen LogP contribution is -2.28. The van der Waals surface area contributed by atoms with Crippen molar-refractivity contribution in [1.82, 2.24) is 0 Å². The van der Waals surface area contributed by atoms with Crippen molar-refractivity contribution in [3.05, 3.63) is 164 Å². The first-order chi connectivity index (χ1) is 26.1. The Morgan fingerprint density at radius 3 is 1.65 bits per heavy atom. The van der Waals surface area contributed by atoms with Crippen LogP contribution in [0.1, 0.15) is 0 Å². The molecule has 0 fully saturated rings. The molecule has 0 bridgehead atoms. The largest absolute Gasteiger partial charge is 0.534 e. The van der Waals surface area contributed by atoms with Crippen LogP contribution in [0, 0.1) is 0 Å². The highest BCUT2D eigenvalue weighted by Crippen LogP contribution is 2.49.